The molecule has 0 bridgehead atoms. The topological polar surface area (TPSA) is 48.5 Å². The molecule has 1 atom stereocenters. The standard InChI is InChI=1S/C19H24N4OS/c24-19(20-12-17-13-25-14-21-17)23-9-7-22(8-10-23)18-6-5-15-3-1-2-4-16(15)11-18/h1-4,13-14,18H,5-12H2,(H,20,24)/t18-/m0/s1. The van der Waals surface area contributed by atoms with Crippen LogP contribution < -0.4 is 5.32 Å². The maximum Gasteiger partial charge on any atom is 0.317 e. The highest BCUT2D eigenvalue weighted by Crippen LogP contribution is 2.25. The van der Waals surface area contributed by atoms with E-state index in [9.17, 15) is 4.79 Å². The molecule has 2 aromatic rings. The molecule has 1 aliphatic heterocycles. The third-order valence-electron chi connectivity index (χ3n) is 5.34. The van der Waals surface area contributed by atoms with Gasteiger partial charge in [-0.3, -0.25) is 4.90 Å². The number of fused-ring (bicyclic) bond motifs is 1. The summed E-state index contributed by atoms with van der Waals surface area (Å²) in [5.41, 5.74) is 5.74. The van der Waals surface area contributed by atoms with Gasteiger partial charge in [0, 0.05) is 37.6 Å². The van der Waals surface area contributed by atoms with Gasteiger partial charge in [0.1, 0.15) is 0 Å². The van der Waals surface area contributed by atoms with Crippen molar-refractivity contribution in [3.8, 4) is 0 Å². The zero-order valence-corrected chi connectivity index (χ0v) is 15.2. The van der Waals surface area contributed by atoms with Gasteiger partial charge < -0.3 is 10.2 Å². The van der Waals surface area contributed by atoms with Gasteiger partial charge in [0.2, 0.25) is 0 Å². The number of carbonyl (C=O) groups excluding carboxylic acids is 1. The molecule has 0 saturated carbocycles. The Kier molecular flexibility index (Phi) is 4.99. The Morgan fingerprint density at radius 2 is 2.00 bits per heavy atom. The Morgan fingerprint density at radius 3 is 2.76 bits per heavy atom. The van der Waals surface area contributed by atoms with Gasteiger partial charge in [0.05, 0.1) is 17.7 Å². The fourth-order valence-corrected chi connectivity index (χ4v) is 4.44. The highest BCUT2D eigenvalue weighted by Gasteiger charge is 2.28. The van der Waals surface area contributed by atoms with E-state index in [0.717, 1.165) is 38.3 Å². The molecule has 1 saturated heterocycles. The summed E-state index contributed by atoms with van der Waals surface area (Å²) in [4.78, 5) is 21.0. The van der Waals surface area contributed by atoms with Crippen molar-refractivity contribution in [3.63, 3.8) is 0 Å². The molecule has 1 aromatic heterocycles. The van der Waals surface area contributed by atoms with Crippen LogP contribution in [0.15, 0.2) is 35.2 Å². The molecule has 2 heterocycles. The molecule has 1 aliphatic carbocycles. The number of nitrogens with zero attached hydrogens (tertiary/aromatic N) is 3. The normalized spacial score (nSPS) is 21.0. The van der Waals surface area contributed by atoms with Gasteiger partial charge in [-0.05, 0) is 30.4 Å². The second kappa shape index (κ2) is 7.54. The molecule has 0 radical (unpaired) electrons. The fraction of sp³-hybridized carbons (Fsp3) is 0.474. The van der Waals surface area contributed by atoms with Crippen molar-refractivity contribution in [1.29, 1.82) is 0 Å². The van der Waals surface area contributed by atoms with E-state index < -0.39 is 0 Å². The molecule has 1 N–H and O–H groups in total. The fourth-order valence-electron chi connectivity index (χ4n) is 3.88. The Hall–Kier alpha value is -1.92. The minimum Gasteiger partial charge on any atom is -0.332 e. The lowest BCUT2D eigenvalue weighted by molar-refractivity contribution is 0.101. The lowest BCUT2D eigenvalue weighted by atomic mass is 9.87. The molecule has 6 heteroatoms. The quantitative estimate of drug-likeness (QED) is 0.919. The average molecular weight is 356 g/mol. The van der Waals surface area contributed by atoms with Crippen molar-refractivity contribution in [2.45, 2.75) is 31.8 Å². The van der Waals surface area contributed by atoms with E-state index >= 15 is 0 Å². The first-order valence-corrected chi connectivity index (χ1v) is 9.94. The van der Waals surface area contributed by atoms with Gasteiger partial charge >= 0.3 is 6.03 Å². The maximum atomic E-state index is 12.3. The van der Waals surface area contributed by atoms with E-state index in [2.05, 4.69) is 39.5 Å². The summed E-state index contributed by atoms with van der Waals surface area (Å²) < 4.78 is 0. The molecule has 2 aliphatic rings. The van der Waals surface area contributed by atoms with Gasteiger partial charge in [-0.1, -0.05) is 24.3 Å². The predicted molar refractivity (Wildman–Crippen MR) is 99.8 cm³/mol. The SMILES string of the molecule is O=C(NCc1cscn1)N1CCN([C@H]2CCc3ccccc3C2)CC1. The zero-order chi connectivity index (χ0) is 17.1. The smallest absolute Gasteiger partial charge is 0.317 e. The molecular formula is C19H24N4OS. The van der Waals surface area contributed by atoms with Crippen molar-refractivity contribution in [3.05, 3.63) is 52.0 Å². The third kappa shape index (κ3) is 3.85. The Bertz CT molecular complexity index is 710. The summed E-state index contributed by atoms with van der Waals surface area (Å²) >= 11 is 1.56. The highest BCUT2D eigenvalue weighted by molar-refractivity contribution is 7.07. The monoisotopic (exact) mass is 356 g/mol. The number of rotatable bonds is 3. The number of nitrogens with one attached hydrogen (secondary N) is 1. The second-order valence-electron chi connectivity index (χ2n) is 6.83. The molecule has 5 nitrogen and oxygen atoms in total. The Labute approximate surface area is 152 Å². The number of hydrogen-bond acceptors (Lipinski definition) is 4. The first kappa shape index (κ1) is 16.5. The van der Waals surface area contributed by atoms with E-state index in [1.807, 2.05) is 10.3 Å². The lowest BCUT2D eigenvalue weighted by Crippen LogP contribution is -2.55. The number of piperazine rings is 1. The summed E-state index contributed by atoms with van der Waals surface area (Å²) in [6, 6.07) is 9.46. The molecule has 132 valence electrons. The van der Waals surface area contributed by atoms with Crippen LogP contribution in [0, 0.1) is 0 Å². The lowest BCUT2D eigenvalue weighted by Gasteiger charge is -2.41. The van der Waals surface area contributed by atoms with E-state index in [1.165, 1.54) is 24.0 Å². The molecular weight excluding hydrogens is 332 g/mol. The number of benzene rings is 1. The zero-order valence-electron chi connectivity index (χ0n) is 14.4. The van der Waals surface area contributed by atoms with E-state index in [0.29, 0.717) is 12.6 Å². The Balaban J connectivity index is 1.26. The van der Waals surface area contributed by atoms with Crippen LogP contribution in [0.1, 0.15) is 23.2 Å². The predicted octanol–water partition coefficient (Wildman–Crippen LogP) is 2.53. The van der Waals surface area contributed by atoms with Gasteiger partial charge in [-0.25, -0.2) is 9.78 Å². The largest absolute Gasteiger partial charge is 0.332 e. The number of hydrogen-bond donors (Lipinski definition) is 1. The van der Waals surface area contributed by atoms with Crippen molar-refractivity contribution < 1.29 is 4.79 Å². The van der Waals surface area contributed by atoms with Crippen LogP contribution >= 0.6 is 11.3 Å². The number of amides is 2. The Morgan fingerprint density at radius 1 is 1.20 bits per heavy atom. The van der Waals surface area contributed by atoms with E-state index in [1.54, 1.807) is 16.8 Å². The highest BCUT2D eigenvalue weighted by atomic mass is 32.1. The number of carbonyl (C=O) groups is 1. The van der Waals surface area contributed by atoms with Crippen molar-refractivity contribution in [1.82, 2.24) is 20.1 Å². The number of aryl methyl sites for hydroxylation is 1. The summed E-state index contributed by atoms with van der Waals surface area (Å²) in [5, 5.41) is 4.95. The van der Waals surface area contributed by atoms with Crippen molar-refractivity contribution in [2.24, 2.45) is 0 Å². The molecule has 1 fully saturated rings. The van der Waals surface area contributed by atoms with Crippen molar-refractivity contribution >= 4 is 17.4 Å². The first-order valence-electron chi connectivity index (χ1n) is 9.00. The van der Waals surface area contributed by atoms with Crippen LogP contribution in [-0.4, -0.2) is 53.0 Å². The van der Waals surface area contributed by atoms with Crippen LogP contribution in [-0.2, 0) is 19.4 Å². The van der Waals surface area contributed by atoms with Crippen LogP contribution in [0.4, 0.5) is 4.79 Å². The summed E-state index contributed by atoms with van der Waals surface area (Å²) in [7, 11) is 0. The van der Waals surface area contributed by atoms with Gasteiger partial charge in [0.25, 0.3) is 0 Å². The number of thiazole rings is 1. The summed E-state index contributed by atoms with van der Waals surface area (Å²) in [6.45, 7) is 4.07. The van der Waals surface area contributed by atoms with Crippen LogP contribution in [0.3, 0.4) is 0 Å². The molecule has 25 heavy (non-hydrogen) atoms. The van der Waals surface area contributed by atoms with Gasteiger partial charge in [0.15, 0.2) is 0 Å². The maximum absolute atomic E-state index is 12.3. The van der Waals surface area contributed by atoms with E-state index in [-0.39, 0.29) is 6.03 Å². The average Bonchev–Trinajstić information content (AvgIpc) is 3.19. The molecule has 0 spiro atoms. The van der Waals surface area contributed by atoms with Gasteiger partial charge in [-0.15, -0.1) is 11.3 Å². The second-order valence-corrected chi connectivity index (χ2v) is 7.55. The first-order chi connectivity index (χ1) is 12.3. The molecule has 0 unspecified atom stereocenters. The minimum atomic E-state index is 0.0293. The minimum absolute atomic E-state index is 0.0293. The summed E-state index contributed by atoms with van der Waals surface area (Å²) in [6.07, 6.45) is 3.55. The molecule has 4 rings (SSSR count). The van der Waals surface area contributed by atoms with Crippen LogP contribution in [0.25, 0.3) is 0 Å². The molecule has 2 amide bonds. The summed E-state index contributed by atoms with van der Waals surface area (Å²) in [5.74, 6) is 0. The van der Waals surface area contributed by atoms with Crippen LogP contribution in [0.2, 0.25) is 0 Å². The van der Waals surface area contributed by atoms with Crippen molar-refractivity contribution in [2.75, 3.05) is 26.2 Å². The third-order valence-corrected chi connectivity index (χ3v) is 5.98. The van der Waals surface area contributed by atoms with Crippen LogP contribution in [0.5, 0.6) is 0 Å². The number of urea groups is 1. The van der Waals surface area contributed by atoms with Gasteiger partial charge in [-0.2, -0.15) is 0 Å². The number of aromatic nitrogens is 1. The van der Waals surface area contributed by atoms with E-state index in [4.69, 9.17) is 0 Å². The molecule has 1 aromatic carbocycles.